The molecule has 24 heavy (non-hydrogen) atoms. The van der Waals surface area contributed by atoms with Crippen molar-refractivity contribution in [1.29, 1.82) is 0 Å². The average molecular weight is 346 g/mol. The quantitative estimate of drug-likeness (QED) is 0.728. The third-order valence-corrected chi connectivity index (χ3v) is 4.28. The molecular weight excluding hydrogens is 331 g/mol. The lowest BCUT2D eigenvalue weighted by Gasteiger charge is -1.97. The Morgan fingerprint density at radius 2 is 2.29 bits per heavy atom. The molecule has 0 unspecified atom stereocenters. The van der Waals surface area contributed by atoms with Gasteiger partial charge in [0.1, 0.15) is 5.82 Å². The second kappa shape index (κ2) is 6.88. The summed E-state index contributed by atoms with van der Waals surface area (Å²) < 4.78 is 20.5. The summed E-state index contributed by atoms with van der Waals surface area (Å²) in [5.41, 5.74) is 1.09. The predicted octanol–water partition coefficient (Wildman–Crippen LogP) is 2.64. The second-order valence-electron chi connectivity index (χ2n) is 5.28. The van der Waals surface area contributed by atoms with Crippen LogP contribution in [0.15, 0.2) is 39.3 Å². The standard InChI is InChI=1S/C16H15FN4O2S/c1-10-3-4-11(9-12(10)17)15-19-14(23-20-15)6-5-13(22)18-16-21(2)7-8-24-16/h3-4,7-9H,5-6H2,1-2H3. The number of carbonyl (C=O) groups excluding carboxylic acids is 1. The number of aromatic nitrogens is 3. The third kappa shape index (κ3) is 3.65. The molecule has 0 bridgehead atoms. The molecule has 0 saturated heterocycles. The molecule has 124 valence electrons. The van der Waals surface area contributed by atoms with Crippen LogP contribution in [0.3, 0.4) is 0 Å². The molecule has 8 heteroatoms. The number of aryl methyl sites for hydroxylation is 3. The summed E-state index contributed by atoms with van der Waals surface area (Å²) in [4.78, 5) is 20.7. The summed E-state index contributed by atoms with van der Waals surface area (Å²) in [7, 11) is 1.83. The number of carbonyl (C=O) groups is 1. The van der Waals surface area contributed by atoms with E-state index in [1.54, 1.807) is 23.6 Å². The Balaban J connectivity index is 1.67. The molecule has 1 amide bonds. The Labute approximate surface area is 141 Å². The molecule has 0 radical (unpaired) electrons. The van der Waals surface area contributed by atoms with Crippen LogP contribution in [0.5, 0.6) is 0 Å². The molecule has 6 nitrogen and oxygen atoms in total. The highest BCUT2D eigenvalue weighted by Gasteiger charge is 2.11. The fourth-order valence-corrected chi connectivity index (χ4v) is 2.76. The molecule has 0 fully saturated rings. The van der Waals surface area contributed by atoms with Crippen LogP contribution in [0.1, 0.15) is 17.9 Å². The van der Waals surface area contributed by atoms with E-state index in [0.29, 0.717) is 34.1 Å². The number of hydrogen-bond donors (Lipinski definition) is 0. The van der Waals surface area contributed by atoms with E-state index in [1.165, 1.54) is 17.4 Å². The minimum absolute atomic E-state index is 0.168. The smallest absolute Gasteiger partial charge is 0.248 e. The largest absolute Gasteiger partial charge is 0.339 e. The van der Waals surface area contributed by atoms with E-state index in [2.05, 4.69) is 15.1 Å². The van der Waals surface area contributed by atoms with Gasteiger partial charge in [-0.1, -0.05) is 17.3 Å². The van der Waals surface area contributed by atoms with E-state index >= 15 is 0 Å². The number of thiazole rings is 1. The molecule has 2 aromatic heterocycles. The number of benzene rings is 1. The molecule has 0 spiro atoms. The first kappa shape index (κ1) is 16.3. The van der Waals surface area contributed by atoms with Crippen molar-refractivity contribution in [2.24, 2.45) is 12.0 Å². The molecule has 1 aromatic carbocycles. The summed E-state index contributed by atoms with van der Waals surface area (Å²) in [5.74, 6) is 0.0499. The SMILES string of the molecule is Cc1ccc(-c2noc(CCC(=O)N=c3sccn3C)n2)cc1F. The minimum atomic E-state index is -0.323. The fourth-order valence-electron chi connectivity index (χ4n) is 2.02. The van der Waals surface area contributed by atoms with Gasteiger partial charge < -0.3 is 9.09 Å². The summed E-state index contributed by atoms with van der Waals surface area (Å²) in [6.45, 7) is 1.68. The number of amides is 1. The normalized spacial score (nSPS) is 11.9. The summed E-state index contributed by atoms with van der Waals surface area (Å²) >= 11 is 1.39. The number of nitrogens with zero attached hydrogens (tertiary/aromatic N) is 4. The van der Waals surface area contributed by atoms with Crippen LogP contribution in [0.4, 0.5) is 4.39 Å². The highest BCUT2D eigenvalue weighted by Crippen LogP contribution is 2.19. The van der Waals surface area contributed by atoms with Crippen LogP contribution in [-0.4, -0.2) is 20.6 Å². The molecule has 0 saturated carbocycles. The zero-order valence-corrected chi connectivity index (χ0v) is 14.0. The van der Waals surface area contributed by atoms with E-state index in [0.717, 1.165) is 0 Å². The van der Waals surface area contributed by atoms with Crippen LogP contribution in [0, 0.1) is 12.7 Å². The van der Waals surface area contributed by atoms with Crippen molar-refractivity contribution in [2.45, 2.75) is 19.8 Å². The summed E-state index contributed by atoms with van der Waals surface area (Å²) in [6, 6.07) is 4.75. The molecule has 0 aliphatic rings. The Hall–Kier alpha value is -2.61. The molecule has 0 aliphatic heterocycles. The van der Waals surface area contributed by atoms with Crippen molar-refractivity contribution in [3.8, 4) is 11.4 Å². The molecule has 0 N–H and O–H groups in total. The topological polar surface area (TPSA) is 73.3 Å². The first-order valence-electron chi connectivity index (χ1n) is 7.30. The van der Waals surface area contributed by atoms with E-state index in [1.807, 2.05) is 18.6 Å². The van der Waals surface area contributed by atoms with Gasteiger partial charge in [0.2, 0.25) is 17.6 Å². The van der Waals surface area contributed by atoms with Crippen molar-refractivity contribution in [3.05, 3.63) is 51.8 Å². The van der Waals surface area contributed by atoms with Gasteiger partial charge >= 0.3 is 0 Å². The maximum Gasteiger partial charge on any atom is 0.248 e. The first-order valence-corrected chi connectivity index (χ1v) is 8.17. The highest BCUT2D eigenvalue weighted by molar-refractivity contribution is 7.07. The lowest BCUT2D eigenvalue weighted by Crippen LogP contribution is -2.12. The van der Waals surface area contributed by atoms with Crippen LogP contribution in [0.25, 0.3) is 11.4 Å². The van der Waals surface area contributed by atoms with Gasteiger partial charge in [-0.2, -0.15) is 9.98 Å². The van der Waals surface area contributed by atoms with Gasteiger partial charge in [-0.25, -0.2) is 4.39 Å². The van der Waals surface area contributed by atoms with Crippen LogP contribution < -0.4 is 4.80 Å². The van der Waals surface area contributed by atoms with Crippen LogP contribution in [0.2, 0.25) is 0 Å². The van der Waals surface area contributed by atoms with Crippen molar-refractivity contribution in [1.82, 2.24) is 14.7 Å². The second-order valence-corrected chi connectivity index (χ2v) is 6.15. The third-order valence-electron chi connectivity index (χ3n) is 3.43. The van der Waals surface area contributed by atoms with E-state index in [4.69, 9.17) is 4.52 Å². The zero-order valence-electron chi connectivity index (χ0n) is 13.2. The maximum atomic E-state index is 13.6. The molecule has 0 aliphatic carbocycles. The Morgan fingerprint density at radius 1 is 1.46 bits per heavy atom. The van der Waals surface area contributed by atoms with Gasteiger partial charge in [0.15, 0.2) is 4.80 Å². The lowest BCUT2D eigenvalue weighted by molar-refractivity contribution is -0.118. The highest BCUT2D eigenvalue weighted by atomic mass is 32.1. The summed E-state index contributed by atoms with van der Waals surface area (Å²) in [6.07, 6.45) is 2.29. The zero-order chi connectivity index (χ0) is 17.1. The molecule has 3 rings (SSSR count). The van der Waals surface area contributed by atoms with Crippen molar-refractivity contribution >= 4 is 17.2 Å². The number of hydrogen-bond acceptors (Lipinski definition) is 5. The monoisotopic (exact) mass is 346 g/mol. The average Bonchev–Trinajstić information content (AvgIpc) is 3.18. The number of halogens is 1. The van der Waals surface area contributed by atoms with E-state index < -0.39 is 0 Å². The fraction of sp³-hybridized carbons (Fsp3) is 0.250. The van der Waals surface area contributed by atoms with E-state index in [9.17, 15) is 9.18 Å². The molecular formula is C16H15FN4O2S. The Kier molecular flexibility index (Phi) is 4.66. The molecule has 3 aromatic rings. The first-order chi connectivity index (χ1) is 11.5. The van der Waals surface area contributed by atoms with Gasteiger partial charge in [0.05, 0.1) is 0 Å². The molecule has 2 heterocycles. The van der Waals surface area contributed by atoms with E-state index in [-0.39, 0.29) is 18.1 Å². The van der Waals surface area contributed by atoms with Crippen LogP contribution in [-0.2, 0) is 18.3 Å². The summed E-state index contributed by atoms with van der Waals surface area (Å²) in [5, 5.41) is 5.69. The van der Waals surface area contributed by atoms with Crippen molar-refractivity contribution in [2.75, 3.05) is 0 Å². The maximum absolute atomic E-state index is 13.6. The number of rotatable bonds is 4. The van der Waals surface area contributed by atoms with Crippen molar-refractivity contribution < 1.29 is 13.7 Å². The Bertz CT molecular complexity index is 941. The van der Waals surface area contributed by atoms with Gasteiger partial charge in [-0.15, -0.1) is 11.3 Å². The molecule has 0 atom stereocenters. The van der Waals surface area contributed by atoms with Gasteiger partial charge in [0, 0.05) is 37.0 Å². The minimum Gasteiger partial charge on any atom is -0.339 e. The van der Waals surface area contributed by atoms with Gasteiger partial charge in [-0.05, 0) is 18.6 Å². The van der Waals surface area contributed by atoms with Gasteiger partial charge in [-0.3, -0.25) is 4.79 Å². The predicted molar refractivity (Wildman–Crippen MR) is 86.6 cm³/mol. The van der Waals surface area contributed by atoms with Crippen LogP contribution >= 0.6 is 11.3 Å². The van der Waals surface area contributed by atoms with Crippen molar-refractivity contribution in [3.63, 3.8) is 0 Å². The lowest BCUT2D eigenvalue weighted by atomic mass is 10.1. The Morgan fingerprint density at radius 3 is 3.00 bits per heavy atom. The van der Waals surface area contributed by atoms with Gasteiger partial charge in [0.25, 0.3) is 0 Å².